The van der Waals surface area contributed by atoms with Crippen molar-refractivity contribution in [2.75, 3.05) is 45.8 Å². The summed E-state index contributed by atoms with van der Waals surface area (Å²) < 4.78 is 12.1. The van der Waals surface area contributed by atoms with Gasteiger partial charge in [-0.1, -0.05) is 23.9 Å². The zero-order chi connectivity index (χ0) is 18.5. The monoisotopic (exact) mass is 377 g/mol. The number of fused-ring (bicyclic) bond motifs is 1. The summed E-state index contributed by atoms with van der Waals surface area (Å²) in [4.78, 5) is 31.8. The average Bonchev–Trinajstić information content (AvgIpc) is 2.67. The first-order valence-electron chi connectivity index (χ1n) is 8.60. The summed E-state index contributed by atoms with van der Waals surface area (Å²) in [6.07, 6.45) is 0. The molecule has 0 aliphatic carbocycles. The van der Waals surface area contributed by atoms with E-state index in [9.17, 15) is 9.59 Å². The number of amides is 1. The van der Waals surface area contributed by atoms with Gasteiger partial charge in [0.2, 0.25) is 5.91 Å². The Morgan fingerprint density at radius 2 is 2.08 bits per heavy atom. The van der Waals surface area contributed by atoms with E-state index in [0.29, 0.717) is 49.0 Å². The van der Waals surface area contributed by atoms with Crippen molar-refractivity contribution in [3.05, 3.63) is 34.6 Å². The molecule has 140 valence electrons. The van der Waals surface area contributed by atoms with Gasteiger partial charge in [-0.25, -0.2) is 4.98 Å². The van der Waals surface area contributed by atoms with Gasteiger partial charge in [0.15, 0.2) is 5.16 Å². The molecule has 2 heterocycles. The van der Waals surface area contributed by atoms with Crippen LogP contribution in [0.2, 0.25) is 0 Å². The predicted octanol–water partition coefficient (Wildman–Crippen LogP) is 1.55. The lowest BCUT2D eigenvalue weighted by molar-refractivity contribution is -0.132. The third-order valence-electron chi connectivity index (χ3n) is 4.31. The minimum Gasteiger partial charge on any atom is -0.383 e. The van der Waals surface area contributed by atoms with Crippen molar-refractivity contribution >= 4 is 28.6 Å². The summed E-state index contributed by atoms with van der Waals surface area (Å²) in [5, 5.41) is 1.11. The minimum atomic E-state index is -0.175. The highest BCUT2D eigenvalue weighted by molar-refractivity contribution is 7.99. The van der Waals surface area contributed by atoms with Gasteiger partial charge in [-0.05, 0) is 19.1 Å². The molecule has 7 nitrogen and oxygen atoms in total. The normalized spacial score (nSPS) is 16.0. The molecule has 26 heavy (non-hydrogen) atoms. The second kappa shape index (κ2) is 8.66. The molecule has 3 rings (SSSR count). The van der Waals surface area contributed by atoms with Crippen LogP contribution >= 0.6 is 11.8 Å². The van der Waals surface area contributed by atoms with Crippen LogP contribution in [0.25, 0.3) is 10.9 Å². The quantitative estimate of drug-likeness (QED) is 0.562. The second-order valence-electron chi connectivity index (χ2n) is 6.17. The van der Waals surface area contributed by atoms with E-state index in [4.69, 9.17) is 9.47 Å². The van der Waals surface area contributed by atoms with Gasteiger partial charge < -0.3 is 14.4 Å². The van der Waals surface area contributed by atoms with Gasteiger partial charge in [-0.15, -0.1) is 0 Å². The molecule has 0 radical (unpaired) electrons. The molecular formula is C18H23N3O4S. The van der Waals surface area contributed by atoms with Gasteiger partial charge in [-0.2, -0.15) is 0 Å². The number of carbonyl (C=O) groups is 1. The number of ether oxygens (including phenoxy) is 2. The van der Waals surface area contributed by atoms with E-state index in [-0.39, 0.29) is 23.3 Å². The summed E-state index contributed by atoms with van der Waals surface area (Å²) in [6.45, 7) is 4.66. The Balaban J connectivity index is 1.88. The Bertz CT molecular complexity index is 833. The Kier molecular flexibility index (Phi) is 6.29. The third-order valence-corrected chi connectivity index (χ3v) is 5.25. The topological polar surface area (TPSA) is 73.7 Å². The first-order chi connectivity index (χ1) is 12.6. The zero-order valence-electron chi connectivity index (χ0n) is 15.0. The highest BCUT2D eigenvalue weighted by Crippen LogP contribution is 2.21. The number of para-hydroxylation sites is 1. The minimum absolute atomic E-state index is 0.0339. The predicted molar refractivity (Wildman–Crippen MR) is 101 cm³/mol. The van der Waals surface area contributed by atoms with E-state index in [2.05, 4.69) is 4.98 Å². The molecule has 8 heteroatoms. The summed E-state index contributed by atoms with van der Waals surface area (Å²) in [5.74, 6) is 0.274. The molecule has 0 saturated carbocycles. The van der Waals surface area contributed by atoms with E-state index >= 15 is 0 Å². The number of benzene rings is 1. The van der Waals surface area contributed by atoms with Crippen LogP contribution in [-0.4, -0.2) is 66.1 Å². The number of hydrogen-bond donors (Lipinski definition) is 0. The maximum absolute atomic E-state index is 13.0. The molecule has 1 aliphatic heterocycles. The maximum atomic E-state index is 13.0. The van der Waals surface area contributed by atoms with Crippen molar-refractivity contribution in [2.24, 2.45) is 0 Å². The number of nitrogens with zero attached hydrogens (tertiary/aromatic N) is 3. The molecule has 1 aromatic heterocycles. The van der Waals surface area contributed by atoms with Crippen LogP contribution in [-0.2, 0) is 14.3 Å². The summed E-state index contributed by atoms with van der Waals surface area (Å²) in [7, 11) is 1.60. The van der Waals surface area contributed by atoms with Crippen molar-refractivity contribution < 1.29 is 14.3 Å². The fourth-order valence-electron chi connectivity index (χ4n) is 2.96. The van der Waals surface area contributed by atoms with Crippen molar-refractivity contribution in [1.29, 1.82) is 0 Å². The molecule has 0 spiro atoms. The van der Waals surface area contributed by atoms with Crippen LogP contribution in [0.3, 0.4) is 0 Å². The third kappa shape index (κ3) is 4.08. The van der Waals surface area contributed by atoms with Gasteiger partial charge in [0, 0.05) is 20.2 Å². The van der Waals surface area contributed by atoms with E-state index in [1.54, 1.807) is 22.6 Å². The standard InChI is InChI=1S/C18H23N3O4S/c1-13(11-24-2)21-17(23)14-5-3-4-6-15(14)19-18(21)26-12-16(22)20-7-9-25-10-8-20/h3-6,13H,7-12H2,1-2H3/t13-/m1/s1. The smallest absolute Gasteiger partial charge is 0.262 e. The lowest BCUT2D eigenvalue weighted by Crippen LogP contribution is -2.41. The second-order valence-corrected chi connectivity index (χ2v) is 7.12. The lowest BCUT2D eigenvalue weighted by Gasteiger charge is -2.27. The van der Waals surface area contributed by atoms with Crippen molar-refractivity contribution in [3.63, 3.8) is 0 Å². The van der Waals surface area contributed by atoms with E-state index in [0.717, 1.165) is 0 Å². The Morgan fingerprint density at radius 1 is 1.35 bits per heavy atom. The Labute approximate surface area is 156 Å². The van der Waals surface area contributed by atoms with Crippen molar-refractivity contribution in [3.8, 4) is 0 Å². The van der Waals surface area contributed by atoms with Crippen LogP contribution in [0, 0.1) is 0 Å². The van der Waals surface area contributed by atoms with Crippen LogP contribution in [0.5, 0.6) is 0 Å². The summed E-state index contributed by atoms with van der Waals surface area (Å²) in [6, 6.07) is 7.09. The van der Waals surface area contributed by atoms with Crippen molar-refractivity contribution in [1.82, 2.24) is 14.5 Å². The van der Waals surface area contributed by atoms with Gasteiger partial charge in [0.05, 0.1) is 42.5 Å². The molecule has 0 N–H and O–H groups in total. The number of rotatable bonds is 6. The SMILES string of the molecule is COC[C@@H](C)n1c(SCC(=O)N2CCOCC2)nc2ccccc2c1=O. The molecule has 2 aromatic rings. The molecule has 1 saturated heterocycles. The number of methoxy groups -OCH3 is 1. The highest BCUT2D eigenvalue weighted by atomic mass is 32.2. The molecule has 0 bridgehead atoms. The van der Waals surface area contributed by atoms with Crippen molar-refractivity contribution in [2.45, 2.75) is 18.1 Å². The molecule has 1 atom stereocenters. The first-order valence-corrected chi connectivity index (χ1v) is 9.59. The molecule has 1 amide bonds. The number of carbonyl (C=O) groups excluding carboxylic acids is 1. The van der Waals surface area contributed by atoms with E-state index < -0.39 is 0 Å². The molecular weight excluding hydrogens is 354 g/mol. The van der Waals surface area contributed by atoms with Crippen LogP contribution in [0.1, 0.15) is 13.0 Å². The largest absolute Gasteiger partial charge is 0.383 e. The average molecular weight is 377 g/mol. The number of thioether (sulfide) groups is 1. The zero-order valence-corrected chi connectivity index (χ0v) is 15.8. The number of aromatic nitrogens is 2. The fourth-order valence-corrected chi connectivity index (χ4v) is 3.96. The van der Waals surface area contributed by atoms with Crippen LogP contribution in [0.15, 0.2) is 34.2 Å². The van der Waals surface area contributed by atoms with Gasteiger partial charge in [0.1, 0.15) is 0 Å². The summed E-state index contributed by atoms with van der Waals surface area (Å²) >= 11 is 1.30. The fraction of sp³-hybridized carbons (Fsp3) is 0.500. The van der Waals surface area contributed by atoms with Gasteiger partial charge >= 0.3 is 0 Å². The van der Waals surface area contributed by atoms with E-state index in [1.165, 1.54) is 11.8 Å². The maximum Gasteiger partial charge on any atom is 0.262 e. The lowest BCUT2D eigenvalue weighted by atomic mass is 10.2. The van der Waals surface area contributed by atoms with Crippen LogP contribution < -0.4 is 5.56 Å². The Morgan fingerprint density at radius 3 is 2.81 bits per heavy atom. The molecule has 1 fully saturated rings. The molecule has 1 aliphatic rings. The number of morpholine rings is 1. The molecule has 0 unspecified atom stereocenters. The molecule has 1 aromatic carbocycles. The van der Waals surface area contributed by atoms with Gasteiger partial charge in [0.25, 0.3) is 5.56 Å². The Hall–Kier alpha value is -1.90. The summed E-state index contributed by atoms with van der Waals surface area (Å²) in [5.41, 5.74) is 0.529. The van der Waals surface area contributed by atoms with Crippen LogP contribution in [0.4, 0.5) is 0 Å². The number of hydrogen-bond acceptors (Lipinski definition) is 6. The highest BCUT2D eigenvalue weighted by Gasteiger charge is 2.20. The van der Waals surface area contributed by atoms with Gasteiger partial charge in [-0.3, -0.25) is 14.2 Å². The first kappa shape index (κ1) is 18.9. The van der Waals surface area contributed by atoms with E-state index in [1.807, 2.05) is 25.1 Å².